The third kappa shape index (κ3) is 1.31. The number of hydrogen-bond acceptors (Lipinski definition) is 1. The van der Waals surface area contributed by atoms with Gasteiger partial charge in [-0.15, -0.1) is 0 Å². The van der Waals surface area contributed by atoms with Crippen molar-refractivity contribution in [1.29, 1.82) is 0 Å². The van der Waals surface area contributed by atoms with E-state index in [2.05, 4.69) is 40.2 Å². The molecular formula is C13H16BrN. The average Bonchev–Trinajstić information content (AvgIpc) is 2.76. The Balaban J connectivity index is 2.01. The molecule has 0 heterocycles. The molecule has 0 amide bonds. The van der Waals surface area contributed by atoms with Crippen LogP contribution in [0.5, 0.6) is 0 Å². The summed E-state index contributed by atoms with van der Waals surface area (Å²) in [4.78, 5) is 0. The zero-order chi connectivity index (χ0) is 10.5. The lowest BCUT2D eigenvalue weighted by Gasteiger charge is -2.35. The van der Waals surface area contributed by atoms with Gasteiger partial charge in [-0.2, -0.15) is 0 Å². The summed E-state index contributed by atoms with van der Waals surface area (Å²) in [5.74, 6) is 0.839. The van der Waals surface area contributed by atoms with Crippen molar-refractivity contribution in [3.05, 3.63) is 34.3 Å². The van der Waals surface area contributed by atoms with E-state index in [1.165, 1.54) is 35.7 Å². The molecule has 2 N–H and O–H groups in total. The number of hydrogen-bond donors (Lipinski definition) is 1. The fourth-order valence-corrected chi connectivity index (χ4v) is 3.72. The van der Waals surface area contributed by atoms with Gasteiger partial charge in [0.15, 0.2) is 0 Å². The second-order valence-corrected chi connectivity index (χ2v) is 5.81. The van der Waals surface area contributed by atoms with Gasteiger partial charge in [0.2, 0.25) is 0 Å². The standard InChI is InChI=1S/C13H16BrN/c14-11-7-2-1-6-10(11)13(8-12(13)15)9-4-3-5-9/h1-2,6-7,9,12H,3-5,8,15H2/t12-,13?/m1/s1. The van der Waals surface area contributed by atoms with Crippen LogP contribution >= 0.6 is 15.9 Å². The molecule has 1 nitrogen and oxygen atoms in total. The summed E-state index contributed by atoms with van der Waals surface area (Å²) in [6, 6.07) is 8.99. The second kappa shape index (κ2) is 3.33. The maximum atomic E-state index is 6.19. The summed E-state index contributed by atoms with van der Waals surface area (Å²) in [5, 5.41) is 0. The molecule has 0 radical (unpaired) electrons. The van der Waals surface area contributed by atoms with Crippen molar-refractivity contribution in [1.82, 2.24) is 0 Å². The first-order valence-electron chi connectivity index (χ1n) is 5.76. The number of nitrogens with two attached hydrogens (primary N) is 1. The van der Waals surface area contributed by atoms with E-state index < -0.39 is 0 Å². The highest BCUT2D eigenvalue weighted by atomic mass is 79.9. The molecule has 0 bridgehead atoms. The quantitative estimate of drug-likeness (QED) is 0.873. The van der Waals surface area contributed by atoms with E-state index in [-0.39, 0.29) is 0 Å². The molecule has 3 rings (SSSR count). The lowest BCUT2D eigenvalue weighted by atomic mass is 9.70. The average molecular weight is 266 g/mol. The van der Waals surface area contributed by atoms with Crippen LogP contribution in [0.25, 0.3) is 0 Å². The topological polar surface area (TPSA) is 26.0 Å². The minimum Gasteiger partial charge on any atom is -0.327 e. The van der Waals surface area contributed by atoms with Gasteiger partial charge >= 0.3 is 0 Å². The van der Waals surface area contributed by atoms with Crippen molar-refractivity contribution in [2.24, 2.45) is 11.7 Å². The van der Waals surface area contributed by atoms with Gasteiger partial charge in [0.25, 0.3) is 0 Å². The molecule has 0 aromatic heterocycles. The highest BCUT2D eigenvalue weighted by molar-refractivity contribution is 9.10. The third-order valence-corrected chi connectivity index (χ3v) is 4.96. The van der Waals surface area contributed by atoms with Gasteiger partial charge in [-0.05, 0) is 36.8 Å². The minimum atomic E-state index is 0.318. The van der Waals surface area contributed by atoms with Crippen LogP contribution in [-0.4, -0.2) is 6.04 Å². The van der Waals surface area contributed by atoms with E-state index in [0.717, 1.165) is 5.92 Å². The Morgan fingerprint density at radius 3 is 2.40 bits per heavy atom. The van der Waals surface area contributed by atoms with Gasteiger partial charge in [0.05, 0.1) is 0 Å². The highest BCUT2D eigenvalue weighted by Crippen LogP contribution is 2.60. The molecule has 2 heteroatoms. The number of benzene rings is 1. The van der Waals surface area contributed by atoms with Crippen molar-refractivity contribution in [3.63, 3.8) is 0 Å². The summed E-state index contributed by atoms with van der Waals surface area (Å²) in [6.07, 6.45) is 5.31. The second-order valence-electron chi connectivity index (χ2n) is 4.96. The SMILES string of the molecule is N[C@@H]1CC1(c1ccccc1Br)C1CCC1. The van der Waals surface area contributed by atoms with Crippen molar-refractivity contribution in [2.75, 3.05) is 0 Å². The molecule has 2 aliphatic carbocycles. The molecule has 2 atom stereocenters. The zero-order valence-electron chi connectivity index (χ0n) is 8.75. The van der Waals surface area contributed by atoms with Crippen LogP contribution in [-0.2, 0) is 5.41 Å². The Hall–Kier alpha value is -0.340. The van der Waals surface area contributed by atoms with Crippen LogP contribution in [0.15, 0.2) is 28.7 Å². The zero-order valence-corrected chi connectivity index (χ0v) is 10.3. The monoisotopic (exact) mass is 265 g/mol. The Labute approximate surface area is 99.2 Å². The Bertz CT molecular complexity index is 386. The highest BCUT2D eigenvalue weighted by Gasteiger charge is 2.59. The van der Waals surface area contributed by atoms with Gasteiger partial charge < -0.3 is 5.73 Å². The largest absolute Gasteiger partial charge is 0.327 e. The van der Waals surface area contributed by atoms with E-state index in [1.54, 1.807) is 0 Å². The van der Waals surface area contributed by atoms with Crippen LogP contribution in [0, 0.1) is 5.92 Å². The maximum absolute atomic E-state index is 6.19. The van der Waals surface area contributed by atoms with Crippen molar-refractivity contribution >= 4 is 15.9 Å². The van der Waals surface area contributed by atoms with E-state index in [1.807, 2.05) is 0 Å². The summed E-state index contributed by atoms with van der Waals surface area (Å²) < 4.78 is 1.24. The first-order valence-corrected chi connectivity index (χ1v) is 6.55. The lowest BCUT2D eigenvalue weighted by molar-refractivity contribution is 0.239. The molecule has 1 unspecified atom stereocenters. The first-order chi connectivity index (χ1) is 7.25. The van der Waals surface area contributed by atoms with Gasteiger partial charge in [-0.1, -0.05) is 40.5 Å². The normalized spacial score (nSPS) is 34.9. The van der Waals surface area contributed by atoms with Gasteiger partial charge in [0.1, 0.15) is 0 Å². The molecule has 2 fully saturated rings. The summed E-state index contributed by atoms with van der Waals surface area (Å²) in [5.41, 5.74) is 7.96. The fraction of sp³-hybridized carbons (Fsp3) is 0.538. The molecule has 80 valence electrons. The third-order valence-electron chi connectivity index (χ3n) is 4.27. The van der Waals surface area contributed by atoms with Crippen molar-refractivity contribution in [2.45, 2.75) is 37.1 Å². The molecule has 2 aliphatic rings. The summed E-state index contributed by atoms with van der Waals surface area (Å²) in [6.45, 7) is 0. The van der Waals surface area contributed by atoms with E-state index >= 15 is 0 Å². The fourth-order valence-electron chi connectivity index (χ4n) is 3.07. The van der Waals surface area contributed by atoms with E-state index in [4.69, 9.17) is 5.73 Å². The van der Waals surface area contributed by atoms with Crippen LogP contribution in [0.3, 0.4) is 0 Å². The molecule has 15 heavy (non-hydrogen) atoms. The minimum absolute atomic E-state index is 0.318. The molecule has 1 aromatic carbocycles. The van der Waals surface area contributed by atoms with Crippen LogP contribution in [0.2, 0.25) is 0 Å². The molecule has 0 aliphatic heterocycles. The molecule has 1 aromatic rings. The lowest BCUT2D eigenvalue weighted by Crippen LogP contribution is -2.32. The van der Waals surface area contributed by atoms with E-state index in [9.17, 15) is 0 Å². The predicted octanol–water partition coefficient (Wildman–Crippen LogP) is 3.22. The Kier molecular flexibility index (Phi) is 2.18. The molecule has 0 saturated heterocycles. The molecule has 0 spiro atoms. The van der Waals surface area contributed by atoms with Crippen molar-refractivity contribution < 1.29 is 0 Å². The van der Waals surface area contributed by atoms with Gasteiger partial charge in [-0.3, -0.25) is 0 Å². The summed E-state index contributed by atoms with van der Waals surface area (Å²) in [7, 11) is 0. The van der Waals surface area contributed by atoms with Crippen LogP contribution in [0.4, 0.5) is 0 Å². The van der Waals surface area contributed by atoms with Crippen molar-refractivity contribution in [3.8, 4) is 0 Å². The first kappa shape index (κ1) is 9.86. The Morgan fingerprint density at radius 1 is 1.27 bits per heavy atom. The van der Waals surface area contributed by atoms with Crippen LogP contribution < -0.4 is 5.73 Å². The molecular weight excluding hydrogens is 250 g/mol. The Morgan fingerprint density at radius 2 is 1.93 bits per heavy atom. The van der Waals surface area contributed by atoms with Crippen LogP contribution in [0.1, 0.15) is 31.2 Å². The predicted molar refractivity (Wildman–Crippen MR) is 65.8 cm³/mol. The maximum Gasteiger partial charge on any atom is 0.0213 e. The van der Waals surface area contributed by atoms with E-state index in [0.29, 0.717) is 11.5 Å². The smallest absolute Gasteiger partial charge is 0.0213 e. The molecule has 2 saturated carbocycles. The number of rotatable bonds is 2. The van der Waals surface area contributed by atoms with Gasteiger partial charge in [0, 0.05) is 15.9 Å². The summed E-state index contributed by atoms with van der Waals surface area (Å²) >= 11 is 3.67. The van der Waals surface area contributed by atoms with Gasteiger partial charge in [-0.25, -0.2) is 0 Å². The number of halogens is 1.